The van der Waals surface area contributed by atoms with E-state index in [1.165, 1.54) is 11.1 Å². The van der Waals surface area contributed by atoms with Gasteiger partial charge in [-0.25, -0.2) is 13.1 Å². The van der Waals surface area contributed by atoms with Crippen LogP contribution in [0.3, 0.4) is 0 Å². The smallest absolute Gasteiger partial charge is 0.264 e. The van der Waals surface area contributed by atoms with E-state index in [-0.39, 0.29) is 22.8 Å². The van der Waals surface area contributed by atoms with E-state index in [0.717, 1.165) is 62.1 Å². The van der Waals surface area contributed by atoms with E-state index < -0.39 is 26.8 Å². The highest BCUT2D eigenvalue weighted by atomic mass is 35.5. The maximum atomic E-state index is 13.2. The summed E-state index contributed by atoms with van der Waals surface area (Å²) in [5.74, 6) is 0.427. The van der Waals surface area contributed by atoms with Crippen LogP contribution >= 0.6 is 11.6 Å². The van der Waals surface area contributed by atoms with Crippen molar-refractivity contribution in [2.45, 2.75) is 94.8 Å². The fourth-order valence-electron chi connectivity index (χ4n) is 7.51. The molecule has 0 saturated heterocycles. The molecule has 1 aliphatic heterocycles. The number of anilines is 1. The summed E-state index contributed by atoms with van der Waals surface area (Å²) in [5, 5.41) is 11.8. The number of aliphatic hydroxyl groups is 1. The molecule has 0 unspecified atom stereocenters. The van der Waals surface area contributed by atoms with Gasteiger partial charge < -0.3 is 14.7 Å². The molecule has 44 heavy (non-hydrogen) atoms. The molecule has 4 atom stereocenters. The summed E-state index contributed by atoms with van der Waals surface area (Å²) < 4.78 is 33.8. The van der Waals surface area contributed by atoms with Crippen LogP contribution in [0, 0.1) is 11.8 Å². The molecule has 2 aliphatic carbocycles. The third kappa shape index (κ3) is 6.54. The van der Waals surface area contributed by atoms with Crippen molar-refractivity contribution >= 4 is 33.2 Å². The zero-order valence-corrected chi connectivity index (χ0v) is 27.9. The number of rotatable bonds is 11. The summed E-state index contributed by atoms with van der Waals surface area (Å²) in [6.07, 6.45) is 10.1. The summed E-state index contributed by atoms with van der Waals surface area (Å²) >= 11 is 6.41. The van der Waals surface area contributed by atoms with Crippen LogP contribution in [0.5, 0.6) is 5.75 Å². The fourth-order valence-corrected chi connectivity index (χ4v) is 8.32. The first-order chi connectivity index (χ1) is 20.9. The number of carbonyl (C=O) groups excluding carboxylic acids is 1. The van der Waals surface area contributed by atoms with Crippen molar-refractivity contribution in [1.29, 1.82) is 0 Å². The molecule has 240 valence electrons. The highest BCUT2D eigenvalue weighted by Crippen LogP contribution is 2.49. The summed E-state index contributed by atoms with van der Waals surface area (Å²) in [6, 6.07) is 11.4. The van der Waals surface area contributed by atoms with Crippen molar-refractivity contribution in [3.63, 3.8) is 0 Å². The van der Waals surface area contributed by atoms with Crippen LogP contribution in [0.2, 0.25) is 5.02 Å². The monoisotopic (exact) mass is 642 g/mol. The van der Waals surface area contributed by atoms with Crippen molar-refractivity contribution in [2.75, 3.05) is 24.6 Å². The number of amides is 1. The predicted molar refractivity (Wildman–Crippen MR) is 177 cm³/mol. The van der Waals surface area contributed by atoms with Gasteiger partial charge in [-0.15, -0.1) is 6.58 Å². The highest BCUT2D eigenvalue weighted by molar-refractivity contribution is 7.90. The molecule has 7 nitrogen and oxygen atoms in total. The van der Waals surface area contributed by atoms with E-state index in [4.69, 9.17) is 16.3 Å². The largest absolute Gasteiger partial charge is 0.490 e. The average Bonchev–Trinajstić information content (AvgIpc) is 3.11. The number of benzene rings is 2. The second-order valence-corrected chi connectivity index (χ2v) is 16.1. The van der Waals surface area contributed by atoms with Gasteiger partial charge in [0.15, 0.2) is 0 Å². The Morgan fingerprint density at radius 2 is 2.07 bits per heavy atom. The van der Waals surface area contributed by atoms with Crippen molar-refractivity contribution in [1.82, 2.24) is 4.72 Å². The van der Waals surface area contributed by atoms with Gasteiger partial charge in [-0.2, -0.15) is 0 Å². The Bertz CT molecular complexity index is 1490. The van der Waals surface area contributed by atoms with Gasteiger partial charge in [0.05, 0.1) is 23.1 Å². The number of halogens is 1. The maximum Gasteiger partial charge on any atom is 0.264 e. The molecule has 2 N–H and O–H groups in total. The third-order valence-electron chi connectivity index (χ3n) is 10.2. The third-order valence-corrected chi connectivity index (χ3v) is 12.1. The molecule has 0 bridgehead atoms. The van der Waals surface area contributed by atoms with Gasteiger partial charge in [-0.05, 0) is 112 Å². The zero-order chi connectivity index (χ0) is 31.7. The number of fused-ring (bicyclic) bond motifs is 3. The van der Waals surface area contributed by atoms with Gasteiger partial charge >= 0.3 is 0 Å². The molecule has 5 rings (SSSR count). The normalized spacial score (nSPS) is 24.4. The Morgan fingerprint density at radius 1 is 1.27 bits per heavy atom. The highest BCUT2D eigenvalue weighted by Gasteiger charge is 2.48. The number of carbonyl (C=O) groups is 1. The van der Waals surface area contributed by atoms with E-state index in [0.29, 0.717) is 31.9 Å². The first-order valence-electron chi connectivity index (χ1n) is 16.1. The molecule has 1 heterocycles. The minimum absolute atomic E-state index is 0.149. The molecule has 1 fully saturated rings. The van der Waals surface area contributed by atoms with E-state index in [9.17, 15) is 18.3 Å². The first kappa shape index (κ1) is 32.8. The van der Waals surface area contributed by atoms with Crippen molar-refractivity contribution < 1.29 is 23.1 Å². The van der Waals surface area contributed by atoms with Gasteiger partial charge in [0.1, 0.15) is 5.75 Å². The molecule has 2 aromatic rings. The minimum atomic E-state index is -3.79. The number of ether oxygens (including phenoxy) is 1. The topological polar surface area (TPSA) is 95.9 Å². The molecule has 1 amide bonds. The Kier molecular flexibility index (Phi) is 9.74. The summed E-state index contributed by atoms with van der Waals surface area (Å²) in [5.41, 5.74) is 2.49. The van der Waals surface area contributed by atoms with Crippen molar-refractivity contribution in [3.05, 3.63) is 70.8 Å². The Hall–Kier alpha value is -2.55. The van der Waals surface area contributed by atoms with Crippen LogP contribution in [0.25, 0.3) is 0 Å². The number of hydrogen-bond acceptors (Lipinski definition) is 6. The van der Waals surface area contributed by atoms with E-state index >= 15 is 0 Å². The molecule has 2 aromatic carbocycles. The van der Waals surface area contributed by atoms with Gasteiger partial charge in [0.25, 0.3) is 5.91 Å². The maximum absolute atomic E-state index is 13.2. The van der Waals surface area contributed by atoms with Crippen molar-refractivity contribution in [3.8, 4) is 5.75 Å². The molecule has 0 aromatic heterocycles. The van der Waals surface area contributed by atoms with Gasteiger partial charge in [-0.1, -0.05) is 43.5 Å². The molecule has 3 aliphatic rings. The number of nitrogens with zero attached hydrogens (tertiary/aromatic N) is 1. The van der Waals surface area contributed by atoms with E-state index in [1.54, 1.807) is 32.0 Å². The van der Waals surface area contributed by atoms with Crippen LogP contribution in [0.1, 0.15) is 93.6 Å². The molecule has 0 radical (unpaired) electrons. The standard InChI is InChI=1S/C35H47ClN2O5S/c1-5-7-18-35(40,16-6-2)30-13-10-27(30)21-38-22-34(17-8-9-25-19-28(36)12-14-29(25)34)23-43-32-15-11-26(20-31(32)38)33(39)37-44(41,42)24(3)4/h6,11-12,14-15,19-20,24,27,30,40H,2,5,7-10,13,16-18,21-23H2,1,3-4H3,(H,37,39)/t27-,30+,34-,35-/m0/s1. The lowest BCUT2D eigenvalue weighted by Crippen LogP contribution is -2.53. The molecule has 1 saturated carbocycles. The lowest BCUT2D eigenvalue weighted by molar-refractivity contribution is -0.0857. The fraction of sp³-hybridized carbons (Fsp3) is 0.571. The molecular weight excluding hydrogens is 596 g/mol. The van der Waals surface area contributed by atoms with Crippen LogP contribution in [-0.2, 0) is 21.9 Å². The lowest BCUT2D eigenvalue weighted by atomic mass is 9.62. The number of hydrogen-bond donors (Lipinski definition) is 2. The second-order valence-electron chi connectivity index (χ2n) is 13.5. The first-order valence-corrected chi connectivity index (χ1v) is 18.0. The van der Waals surface area contributed by atoms with E-state index in [2.05, 4.69) is 35.3 Å². The van der Waals surface area contributed by atoms with E-state index in [1.807, 2.05) is 12.1 Å². The Labute approximate surface area is 268 Å². The van der Waals surface area contributed by atoms with Crippen LogP contribution in [-0.4, -0.2) is 50.0 Å². The zero-order valence-electron chi connectivity index (χ0n) is 26.3. The average molecular weight is 643 g/mol. The summed E-state index contributed by atoms with van der Waals surface area (Å²) in [4.78, 5) is 15.5. The van der Waals surface area contributed by atoms with Crippen molar-refractivity contribution in [2.24, 2.45) is 11.8 Å². The predicted octanol–water partition coefficient (Wildman–Crippen LogP) is 6.80. The number of unbranched alkanes of at least 4 members (excludes halogenated alkanes) is 1. The molecular formula is C35H47ClN2O5S. The molecule has 1 spiro atoms. The summed E-state index contributed by atoms with van der Waals surface area (Å²) in [6.45, 7) is 11.1. The number of aryl methyl sites for hydroxylation is 1. The summed E-state index contributed by atoms with van der Waals surface area (Å²) in [7, 11) is -3.79. The SMILES string of the molecule is C=CC[C@](O)(CCCC)[C@@H]1CC[C@H]1CN1C[C@@]2(CCCc3cc(Cl)ccc32)COc2ccc(C(=O)NS(=O)(=O)C(C)C)cc21. The Morgan fingerprint density at radius 3 is 2.75 bits per heavy atom. The number of sulfonamides is 1. The number of nitrogens with one attached hydrogen (secondary N) is 1. The van der Waals surface area contributed by atoms with Crippen LogP contribution in [0.15, 0.2) is 49.1 Å². The van der Waals surface area contributed by atoms with Gasteiger partial charge in [-0.3, -0.25) is 4.79 Å². The lowest BCUT2D eigenvalue weighted by Gasteiger charge is -2.50. The minimum Gasteiger partial charge on any atom is -0.490 e. The van der Waals surface area contributed by atoms with Gasteiger partial charge in [0.2, 0.25) is 10.0 Å². The van der Waals surface area contributed by atoms with Crippen LogP contribution in [0.4, 0.5) is 5.69 Å². The second kappa shape index (κ2) is 13.1. The van der Waals surface area contributed by atoms with Gasteiger partial charge in [0, 0.05) is 29.1 Å². The Balaban J connectivity index is 1.52. The van der Waals surface area contributed by atoms with Crippen LogP contribution < -0.4 is 14.4 Å². The quantitative estimate of drug-likeness (QED) is 0.262. The molecule has 9 heteroatoms.